The maximum Gasteiger partial charge on any atom is 0.404 e. The van der Waals surface area contributed by atoms with Crippen LogP contribution in [0.1, 0.15) is 64.6 Å². The van der Waals surface area contributed by atoms with Gasteiger partial charge in [-0.2, -0.15) is 0 Å². The zero-order valence-corrected chi connectivity index (χ0v) is 20.6. The Labute approximate surface area is 198 Å². The Kier molecular flexibility index (Phi) is 8.35. The molecule has 3 rings (SSSR count). The number of carboxylic acid groups (broad SMARTS) is 1. The summed E-state index contributed by atoms with van der Waals surface area (Å²) in [4.78, 5) is 15.7. The van der Waals surface area contributed by atoms with Gasteiger partial charge in [0.1, 0.15) is 5.75 Å². The van der Waals surface area contributed by atoms with Crippen LogP contribution in [0.25, 0.3) is 11.1 Å². The lowest BCUT2D eigenvalue weighted by Crippen LogP contribution is -2.50. The third kappa shape index (κ3) is 6.94. The second kappa shape index (κ2) is 11.0. The number of aromatic nitrogens is 1. The van der Waals surface area contributed by atoms with Gasteiger partial charge in [0.15, 0.2) is 0 Å². The molecule has 1 aliphatic rings. The van der Waals surface area contributed by atoms with Crippen molar-refractivity contribution in [2.45, 2.75) is 78.9 Å². The molecule has 0 aliphatic heterocycles. The van der Waals surface area contributed by atoms with Gasteiger partial charge in [0.25, 0.3) is 0 Å². The van der Waals surface area contributed by atoms with Gasteiger partial charge < -0.3 is 20.5 Å². The topological polar surface area (TPSA) is 83.5 Å². The number of hydrogen-bond acceptors (Lipinski definition) is 4. The van der Waals surface area contributed by atoms with E-state index in [0.717, 1.165) is 60.4 Å². The fraction of sp³-hybridized carbons (Fsp3) is 0.556. The third-order valence-corrected chi connectivity index (χ3v) is 6.64. The summed E-state index contributed by atoms with van der Waals surface area (Å²) in [7, 11) is 0. The first kappa shape index (κ1) is 25.0. The van der Waals surface area contributed by atoms with Gasteiger partial charge in [-0.1, -0.05) is 32.9 Å². The highest BCUT2D eigenvalue weighted by molar-refractivity contribution is 5.65. The van der Waals surface area contributed by atoms with Crippen molar-refractivity contribution in [3.63, 3.8) is 0 Å². The van der Waals surface area contributed by atoms with Crippen molar-refractivity contribution in [2.24, 2.45) is 11.3 Å². The molecule has 33 heavy (non-hydrogen) atoms. The largest absolute Gasteiger partial charge is 0.494 e. The molecule has 1 heterocycles. The Morgan fingerprint density at radius 3 is 2.42 bits per heavy atom. The van der Waals surface area contributed by atoms with E-state index in [2.05, 4.69) is 60.7 Å². The second-order valence-corrected chi connectivity index (χ2v) is 10.2. The Morgan fingerprint density at radius 2 is 1.85 bits per heavy atom. The van der Waals surface area contributed by atoms with Crippen LogP contribution in [0.15, 0.2) is 36.5 Å². The molecule has 1 aliphatic carbocycles. The van der Waals surface area contributed by atoms with Gasteiger partial charge in [-0.05, 0) is 74.6 Å². The van der Waals surface area contributed by atoms with Crippen molar-refractivity contribution in [3.05, 3.63) is 47.8 Å². The van der Waals surface area contributed by atoms with Crippen LogP contribution in [-0.2, 0) is 6.54 Å². The average Bonchev–Trinajstić information content (AvgIpc) is 2.77. The second-order valence-electron chi connectivity index (χ2n) is 10.2. The van der Waals surface area contributed by atoms with Gasteiger partial charge >= 0.3 is 6.09 Å². The maximum absolute atomic E-state index is 11.3. The number of amides is 1. The Balaban J connectivity index is 1.64. The predicted molar refractivity (Wildman–Crippen MR) is 133 cm³/mol. The number of ether oxygens (including phenoxy) is 1. The van der Waals surface area contributed by atoms with E-state index in [1.54, 1.807) is 0 Å². The van der Waals surface area contributed by atoms with Gasteiger partial charge in [0.05, 0.1) is 6.61 Å². The normalized spacial score (nSPS) is 19.7. The molecular formula is C27H39N3O3. The molecule has 0 saturated heterocycles. The van der Waals surface area contributed by atoms with E-state index in [4.69, 9.17) is 4.74 Å². The fourth-order valence-corrected chi connectivity index (χ4v) is 4.92. The highest BCUT2D eigenvalue weighted by Crippen LogP contribution is 2.35. The maximum atomic E-state index is 11.3. The Hall–Kier alpha value is -2.60. The predicted octanol–water partition coefficient (Wildman–Crippen LogP) is 5.79. The van der Waals surface area contributed by atoms with Crippen molar-refractivity contribution in [2.75, 3.05) is 6.61 Å². The molecule has 0 radical (unpaired) electrons. The lowest BCUT2D eigenvalue weighted by molar-refractivity contribution is 0.129. The first-order chi connectivity index (χ1) is 15.7. The zero-order chi connectivity index (χ0) is 24.0. The van der Waals surface area contributed by atoms with E-state index in [-0.39, 0.29) is 11.5 Å². The number of carbonyl (C=O) groups is 1. The number of nitrogens with one attached hydrogen (secondary N) is 2. The average molecular weight is 454 g/mol. The third-order valence-electron chi connectivity index (χ3n) is 6.64. The van der Waals surface area contributed by atoms with E-state index in [1.165, 1.54) is 0 Å². The SMILES string of the molecule is CCOc1ccc(-c2ccc(C)nc2)cc1CNC1CCC(C(NC(=O)O)C(C)(C)C)CC1. The van der Waals surface area contributed by atoms with Gasteiger partial charge in [0, 0.05) is 41.6 Å². The van der Waals surface area contributed by atoms with Crippen LogP contribution in [0.4, 0.5) is 4.79 Å². The highest BCUT2D eigenvalue weighted by Gasteiger charge is 2.35. The Bertz CT molecular complexity index is 913. The standard InChI is InChI=1S/C27H39N3O3/c1-6-33-24-14-11-20(21-8-7-18(2)28-16-21)15-22(24)17-29-23-12-9-19(10-13-23)25(27(3,4)5)30-26(31)32/h7-8,11,14-16,19,23,25,29-30H,6,9-10,12-13,17H2,1-5H3,(H,31,32). The molecule has 180 valence electrons. The first-order valence-corrected chi connectivity index (χ1v) is 12.1. The number of nitrogens with zero attached hydrogens (tertiary/aromatic N) is 1. The van der Waals surface area contributed by atoms with Crippen molar-refractivity contribution in [1.29, 1.82) is 0 Å². The van der Waals surface area contributed by atoms with E-state index in [9.17, 15) is 9.90 Å². The molecule has 1 amide bonds. The van der Waals surface area contributed by atoms with E-state index < -0.39 is 6.09 Å². The van der Waals surface area contributed by atoms with E-state index in [1.807, 2.05) is 26.1 Å². The molecule has 3 N–H and O–H groups in total. The summed E-state index contributed by atoms with van der Waals surface area (Å²) in [5.74, 6) is 1.29. The molecule has 1 aromatic carbocycles. The molecule has 1 fully saturated rings. The lowest BCUT2D eigenvalue weighted by Gasteiger charge is -2.40. The molecule has 1 atom stereocenters. The Morgan fingerprint density at radius 1 is 1.15 bits per heavy atom. The number of rotatable bonds is 8. The number of pyridine rings is 1. The molecule has 2 aromatic rings. The smallest absolute Gasteiger partial charge is 0.404 e. The highest BCUT2D eigenvalue weighted by atomic mass is 16.5. The van der Waals surface area contributed by atoms with Crippen LogP contribution in [0, 0.1) is 18.3 Å². The molecule has 1 saturated carbocycles. The minimum Gasteiger partial charge on any atom is -0.494 e. The van der Waals surface area contributed by atoms with Gasteiger partial charge in [0.2, 0.25) is 0 Å². The summed E-state index contributed by atoms with van der Waals surface area (Å²) in [6.45, 7) is 11.7. The monoisotopic (exact) mass is 453 g/mol. The number of aryl methyl sites for hydroxylation is 1. The molecular weight excluding hydrogens is 414 g/mol. The van der Waals surface area contributed by atoms with Gasteiger partial charge in [-0.15, -0.1) is 0 Å². The van der Waals surface area contributed by atoms with Crippen LogP contribution < -0.4 is 15.4 Å². The lowest BCUT2D eigenvalue weighted by atomic mass is 9.72. The van der Waals surface area contributed by atoms with Gasteiger partial charge in [-0.25, -0.2) is 4.79 Å². The molecule has 6 nitrogen and oxygen atoms in total. The van der Waals surface area contributed by atoms with Crippen LogP contribution in [0.2, 0.25) is 0 Å². The zero-order valence-electron chi connectivity index (χ0n) is 20.6. The number of hydrogen-bond donors (Lipinski definition) is 3. The van der Waals surface area contributed by atoms with Crippen LogP contribution in [0.5, 0.6) is 5.75 Å². The molecule has 1 aromatic heterocycles. The summed E-state index contributed by atoms with van der Waals surface area (Å²) in [6, 6.07) is 10.9. The molecule has 0 bridgehead atoms. The minimum atomic E-state index is -0.928. The molecule has 6 heteroatoms. The summed E-state index contributed by atoms with van der Waals surface area (Å²) in [5.41, 5.74) is 4.30. The van der Waals surface area contributed by atoms with Crippen LogP contribution in [-0.4, -0.2) is 34.9 Å². The van der Waals surface area contributed by atoms with E-state index in [0.29, 0.717) is 18.6 Å². The summed E-state index contributed by atoms with van der Waals surface area (Å²) in [6.07, 6.45) is 5.12. The van der Waals surface area contributed by atoms with Crippen LogP contribution >= 0.6 is 0 Å². The van der Waals surface area contributed by atoms with E-state index >= 15 is 0 Å². The fourth-order valence-electron chi connectivity index (χ4n) is 4.92. The van der Waals surface area contributed by atoms with Crippen LogP contribution in [0.3, 0.4) is 0 Å². The minimum absolute atomic E-state index is 0.0275. The quantitative estimate of drug-likeness (QED) is 0.471. The number of benzene rings is 1. The summed E-state index contributed by atoms with van der Waals surface area (Å²) >= 11 is 0. The van der Waals surface area contributed by atoms with Crippen molar-refractivity contribution in [3.8, 4) is 16.9 Å². The summed E-state index contributed by atoms with van der Waals surface area (Å²) in [5, 5.41) is 15.8. The molecule has 1 unspecified atom stereocenters. The van der Waals surface area contributed by atoms with Crippen molar-refractivity contribution in [1.82, 2.24) is 15.6 Å². The summed E-state index contributed by atoms with van der Waals surface area (Å²) < 4.78 is 5.89. The first-order valence-electron chi connectivity index (χ1n) is 12.1. The van der Waals surface area contributed by atoms with Crippen molar-refractivity contribution < 1.29 is 14.6 Å². The van der Waals surface area contributed by atoms with Gasteiger partial charge in [-0.3, -0.25) is 4.98 Å². The van der Waals surface area contributed by atoms with Crippen molar-refractivity contribution >= 4 is 6.09 Å². The molecule has 0 spiro atoms.